The first-order valence-electron chi connectivity index (χ1n) is 6.14. The zero-order valence-corrected chi connectivity index (χ0v) is 13.1. The highest BCUT2D eigenvalue weighted by atomic mass is 79.9. The van der Waals surface area contributed by atoms with E-state index in [-0.39, 0.29) is 0 Å². The molecule has 0 bridgehead atoms. The van der Waals surface area contributed by atoms with Gasteiger partial charge in [-0.15, -0.1) is 0 Å². The van der Waals surface area contributed by atoms with Gasteiger partial charge in [0.15, 0.2) is 23.1 Å². The molecule has 0 unspecified atom stereocenters. The Kier molecular flexibility index (Phi) is 5.01. The molecule has 112 valence electrons. The highest BCUT2D eigenvalue weighted by molar-refractivity contribution is 9.10. The van der Waals surface area contributed by atoms with E-state index in [0.717, 1.165) is 22.2 Å². The number of ether oxygens (including phenoxy) is 2. The second kappa shape index (κ2) is 6.76. The normalized spacial score (nSPS) is 10.3. The summed E-state index contributed by atoms with van der Waals surface area (Å²) in [4.78, 5) is 0. The summed E-state index contributed by atoms with van der Waals surface area (Å²) in [6.45, 7) is 0.423. The summed E-state index contributed by atoms with van der Waals surface area (Å²) in [7, 11) is 3.11. The minimum atomic E-state index is -0.883. The highest BCUT2D eigenvalue weighted by Crippen LogP contribution is 2.33. The van der Waals surface area contributed by atoms with E-state index in [1.165, 1.54) is 6.07 Å². The number of nitrogens with one attached hydrogen (secondary N) is 1. The first-order chi connectivity index (χ1) is 10.0. The molecule has 6 heteroatoms. The van der Waals surface area contributed by atoms with Crippen LogP contribution >= 0.6 is 15.9 Å². The fourth-order valence-corrected chi connectivity index (χ4v) is 2.30. The van der Waals surface area contributed by atoms with Gasteiger partial charge in [0.25, 0.3) is 0 Å². The van der Waals surface area contributed by atoms with Gasteiger partial charge in [-0.25, -0.2) is 8.78 Å². The average molecular weight is 358 g/mol. The SMILES string of the molecule is COc1cc(Br)c(CNc2ccc(F)c(F)c2)cc1OC. The van der Waals surface area contributed by atoms with E-state index in [2.05, 4.69) is 21.2 Å². The van der Waals surface area contributed by atoms with E-state index >= 15 is 0 Å². The molecule has 0 heterocycles. The van der Waals surface area contributed by atoms with Gasteiger partial charge in [-0.05, 0) is 29.8 Å². The van der Waals surface area contributed by atoms with Gasteiger partial charge >= 0.3 is 0 Å². The number of halogens is 3. The molecule has 0 aromatic heterocycles. The molecule has 0 atom stereocenters. The predicted octanol–water partition coefficient (Wildman–Crippen LogP) is 4.36. The summed E-state index contributed by atoms with van der Waals surface area (Å²) < 4.78 is 37.3. The van der Waals surface area contributed by atoms with Crippen molar-refractivity contribution in [1.29, 1.82) is 0 Å². The molecule has 21 heavy (non-hydrogen) atoms. The van der Waals surface area contributed by atoms with Crippen molar-refractivity contribution in [1.82, 2.24) is 0 Å². The highest BCUT2D eigenvalue weighted by Gasteiger charge is 2.10. The predicted molar refractivity (Wildman–Crippen MR) is 80.9 cm³/mol. The third kappa shape index (κ3) is 3.64. The van der Waals surface area contributed by atoms with Gasteiger partial charge in [0.05, 0.1) is 14.2 Å². The number of hydrogen-bond donors (Lipinski definition) is 1. The topological polar surface area (TPSA) is 30.5 Å². The van der Waals surface area contributed by atoms with Crippen LogP contribution in [0, 0.1) is 11.6 Å². The summed E-state index contributed by atoms with van der Waals surface area (Å²) in [5, 5.41) is 3.03. The molecule has 0 aliphatic carbocycles. The zero-order chi connectivity index (χ0) is 15.4. The van der Waals surface area contributed by atoms with Gasteiger partial charge in [-0.1, -0.05) is 15.9 Å². The van der Waals surface area contributed by atoms with Gasteiger partial charge in [0.1, 0.15) is 0 Å². The van der Waals surface area contributed by atoms with Crippen LogP contribution in [0.25, 0.3) is 0 Å². The van der Waals surface area contributed by atoms with Crippen LogP contribution < -0.4 is 14.8 Å². The van der Waals surface area contributed by atoms with Crippen LogP contribution in [0.3, 0.4) is 0 Å². The first-order valence-corrected chi connectivity index (χ1v) is 6.93. The van der Waals surface area contributed by atoms with E-state index in [4.69, 9.17) is 9.47 Å². The molecular formula is C15H14BrF2NO2. The van der Waals surface area contributed by atoms with Crippen molar-refractivity contribution < 1.29 is 18.3 Å². The van der Waals surface area contributed by atoms with Gasteiger partial charge in [-0.2, -0.15) is 0 Å². The van der Waals surface area contributed by atoms with Crippen LogP contribution in [0.5, 0.6) is 11.5 Å². The zero-order valence-electron chi connectivity index (χ0n) is 11.5. The molecule has 0 spiro atoms. The lowest BCUT2D eigenvalue weighted by molar-refractivity contribution is 0.354. The van der Waals surface area contributed by atoms with Crippen LogP contribution in [0.2, 0.25) is 0 Å². The van der Waals surface area contributed by atoms with E-state index in [1.807, 2.05) is 6.07 Å². The van der Waals surface area contributed by atoms with Crippen LogP contribution in [0.1, 0.15) is 5.56 Å². The van der Waals surface area contributed by atoms with Crippen LogP contribution in [-0.2, 0) is 6.54 Å². The quantitative estimate of drug-likeness (QED) is 0.862. The van der Waals surface area contributed by atoms with Crippen LogP contribution in [0.4, 0.5) is 14.5 Å². The number of anilines is 1. The molecule has 3 nitrogen and oxygen atoms in total. The van der Waals surface area contributed by atoms with E-state index in [0.29, 0.717) is 23.7 Å². The Morgan fingerprint density at radius 1 is 1.00 bits per heavy atom. The van der Waals surface area contributed by atoms with E-state index < -0.39 is 11.6 Å². The Hall–Kier alpha value is -1.82. The van der Waals surface area contributed by atoms with Crippen molar-refractivity contribution in [3.05, 3.63) is 52.0 Å². The van der Waals surface area contributed by atoms with Gasteiger partial charge in [-0.3, -0.25) is 0 Å². The Labute approximate surface area is 130 Å². The summed E-state index contributed by atoms with van der Waals surface area (Å²) in [6.07, 6.45) is 0. The Morgan fingerprint density at radius 2 is 1.67 bits per heavy atom. The molecule has 0 aliphatic rings. The summed E-state index contributed by atoms with van der Waals surface area (Å²) in [5.74, 6) is -0.539. The molecule has 2 aromatic carbocycles. The molecule has 0 fully saturated rings. The van der Waals surface area contributed by atoms with Crippen LogP contribution in [-0.4, -0.2) is 14.2 Å². The smallest absolute Gasteiger partial charge is 0.161 e. The Bertz CT molecular complexity index is 650. The maximum Gasteiger partial charge on any atom is 0.161 e. The first kappa shape index (κ1) is 15.6. The monoisotopic (exact) mass is 357 g/mol. The largest absolute Gasteiger partial charge is 0.493 e. The second-order valence-corrected chi connectivity index (χ2v) is 5.14. The third-order valence-corrected chi connectivity index (χ3v) is 3.69. The fraction of sp³-hybridized carbons (Fsp3) is 0.200. The van der Waals surface area contributed by atoms with E-state index in [9.17, 15) is 8.78 Å². The number of methoxy groups -OCH3 is 2. The standard InChI is InChI=1S/C15H14BrF2NO2/c1-20-14-5-9(11(16)7-15(14)21-2)8-19-10-3-4-12(17)13(18)6-10/h3-7,19H,8H2,1-2H3. The fourth-order valence-electron chi connectivity index (χ4n) is 1.84. The maximum atomic E-state index is 13.1. The molecule has 0 aliphatic heterocycles. The minimum absolute atomic E-state index is 0.423. The molecular weight excluding hydrogens is 344 g/mol. The Balaban J connectivity index is 2.17. The third-order valence-electron chi connectivity index (χ3n) is 2.96. The molecule has 2 rings (SSSR count). The second-order valence-electron chi connectivity index (χ2n) is 4.28. The van der Waals surface area contributed by atoms with Crippen molar-refractivity contribution in [3.63, 3.8) is 0 Å². The van der Waals surface area contributed by atoms with Gasteiger partial charge < -0.3 is 14.8 Å². The average Bonchev–Trinajstić information content (AvgIpc) is 2.49. The lowest BCUT2D eigenvalue weighted by Gasteiger charge is -2.13. The summed E-state index contributed by atoms with van der Waals surface area (Å²) in [6, 6.07) is 7.29. The van der Waals surface area contributed by atoms with Crippen molar-refractivity contribution in [2.24, 2.45) is 0 Å². The summed E-state index contributed by atoms with van der Waals surface area (Å²) in [5.41, 5.74) is 1.40. The molecule has 0 amide bonds. The lowest BCUT2D eigenvalue weighted by Crippen LogP contribution is -2.02. The van der Waals surface area contributed by atoms with Crippen LogP contribution in [0.15, 0.2) is 34.8 Å². The van der Waals surface area contributed by atoms with E-state index in [1.54, 1.807) is 20.3 Å². The number of rotatable bonds is 5. The maximum absolute atomic E-state index is 13.1. The molecule has 1 N–H and O–H groups in total. The van der Waals surface area contributed by atoms with Gasteiger partial charge in [0, 0.05) is 22.8 Å². The molecule has 0 saturated heterocycles. The van der Waals surface area contributed by atoms with Crippen molar-refractivity contribution in [3.8, 4) is 11.5 Å². The molecule has 0 radical (unpaired) electrons. The van der Waals surface area contributed by atoms with Crippen molar-refractivity contribution >= 4 is 21.6 Å². The lowest BCUT2D eigenvalue weighted by atomic mass is 10.2. The molecule has 0 saturated carbocycles. The van der Waals surface area contributed by atoms with Gasteiger partial charge in [0.2, 0.25) is 0 Å². The van der Waals surface area contributed by atoms with Crippen molar-refractivity contribution in [2.45, 2.75) is 6.54 Å². The molecule has 2 aromatic rings. The minimum Gasteiger partial charge on any atom is -0.493 e. The van der Waals surface area contributed by atoms with Crippen molar-refractivity contribution in [2.75, 3.05) is 19.5 Å². The number of benzene rings is 2. The number of hydrogen-bond acceptors (Lipinski definition) is 3. The summed E-state index contributed by atoms with van der Waals surface area (Å²) >= 11 is 3.44. The Morgan fingerprint density at radius 3 is 2.29 bits per heavy atom.